The van der Waals surface area contributed by atoms with E-state index in [2.05, 4.69) is 10.2 Å². The van der Waals surface area contributed by atoms with Crippen LogP contribution in [0.25, 0.3) is 0 Å². The maximum absolute atomic E-state index is 5.92. The average molecular weight is 262 g/mol. The fourth-order valence-electron chi connectivity index (χ4n) is 3.85. The predicted octanol–water partition coefficient (Wildman–Crippen LogP) is 3.08. The summed E-state index contributed by atoms with van der Waals surface area (Å²) >= 11 is 0. The number of aromatic nitrogens is 3. The Labute approximate surface area is 115 Å². The topological polar surface area (TPSA) is 67.6 Å². The van der Waals surface area contributed by atoms with Crippen LogP contribution in [0.5, 0.6) is 0 Å². The Morgan fingerprint density at radius 2 is 1.74 bits per heavy atom. The first-order valence-corrected chi connectivity index (χ1v) is 8.00. The van der Waals surface area contributed by atoms with Crippen molar-refractivity contribution < 1.29 is 0 Å². The molecule has 1 heterocycles. The van der Waals surface area contributed by atoms with E-state index in [4.69, 9.17) is 10.7 Å². The molecule has 0 aliphatic heterocycles. The SMILES string of the molecule is NCC1CCCCC1c1nc(C2CCCCC2)n[nH]1. The molecule has 106 valence electrons. The van der Waals surface area contributed by atoms with Crippen molar-refractivity contribution in [2.24, 2.45) is 11.7 Å². The van der Waals surface area contributed by atoms with E-state index in [1.54, 1.807) is 0 Å². The Morgan fingerprint density at radius 3 is 2.53 bits per heavy atom. The van der Waals surface area contributed by atoms with Gasteiger partial charge in [0.1, 0.15) is 5.82 Å². The zero-order valence-corrected chi connectivity index (χ0v) is 11.8. The third-order valence-electron chi connectivity index (χ3n) is 5.05. The lowest BCUT2D eigenvalue weighted by Gasteiger charge is -2.28. The minimum Gasteiger partial charge on any atom is -0.330 e. The first-order valence-electron chi connectivity index (χ1n) is 8.00. The summed E-state index contributed by atoms with van der Waals surface area (Å²) in [7, 11) is 0. The standard InChI is InChI=1S/C15H26N4/c16-10-12-8-4-5-9-13(12)15-17-14(18-19-15)11-6-2-1-3-7-11/h11-13H,1-10,16H2,(H,17,18,19). The summed E-state index contributed by atoms with van der Waals surface area (Å²) in [5, 5.41) is 7.73. The Kier molecular flexibility index (Phi) is 4.16. The fourth-order valence-corrected chi connectivity index (χ4v) is 3.85. The number of H-pyrrole nitrogens is 1. The molecule has 2 fully saturated rings. The second-order valence-electron chi connectivity index (χ2n) is 6.30. The number of nitrogens with zero attached hydrogens (tertiary/aromatic N) is 2. The molecule has 0 saturated heterocycles. The van der Waals surface area contributed by atoms with Gasteiger partial charge in [-0.15, -0.1) is 0 Å². The van der Waals surface area contributed by atoms with Gasteiger partial charge < -0.3 is 5.73 Å². The molecule has 3 rings (SSSR count). The highest BCUT2D eigenvalue weighted by atomic mass is 15.2. The summed E-state index contributed by atoms with van der Waals surface area (Å²) in [6.07, 6.45) is 11.7. The normalized spacial score (nSPS) is 29.5. The van der Waals surface area contributed by atoms with Gasteiger partial charge in [0.05, 0.1) is 0 Å². The van der Waals surface area contributed by atoms with Crippen LogP contribution >= 0.6 is 0 Å². The number of hydrogen-bond acceptors (Lipinski definition) is 3. The van der Waals surface area contributed by atoms with Crippen molar-refractivity contribution in [2.45, 2.75) is 69.6 Å². The van der Waals surface area contributed by atoms with Crippen molar-refractivity contribution in [1.29, 1.82) is 0 Å². The molecule has 0 spiro atoms. The van der Waals surface area contributed by atoms with Crippen molar-refractivity contribution >= 4 is 0 Å². The van der Waals surface area contributed by atoms with Crippen molar-refractivity contribution in [3.8, 4) is 0 Å². The van der Waals surface area contributed by atoms with Crippen LogP contribution in [0.3, 0.4) is 0 Å². The highest BCUT2D eigenvalue weighted by Crippen LogP contribution is 2.37. The van der Waals surface area contributed by atoms with Crippen LogP contribution in [0, 0.1) is 5.92 Å². The van der Waals surface area contributed by atoms with Crippen molar-refractivity contribution in [1.82, 2.24) is 15.2 Å². The minimum absolute atomic E-state index is 0.517. The van der Waals surface area contributed by atoms with E-state index < -0.39 is 0 Å². The van der Waals surface area contributed by atoms with Gasteiger partial charge >= 0.3 is 0 Å². The van der Waals surface area contributed by atoms with Crippen LogP contribution < -0.4 is 5.73 Å². The molecule has 4 nitrogen and oxygen atoms in total. The quantitative estimate of drug-likeness (QED) is 0.879. The summed E-state index contributed by atoms with van der Waals surface area (Å²) in [6.45, 7) is 0.782. The van der Waals surface area contributed by atoms with Gasteiger partial charge in [0, 0.05) is 11.8 Å². The van der Waals surface area contributed by atoms with E-state index >= 15 is 0 Å². The van der Waals surface area contributed by atoms with Gasteiger partial charge in [-0.1, -0.05) is 32.1 Å². The van der Waals surface area contributed by atoms with Crippen LogP contribution in [0.4, 0.5) is 0 Å². The van der Waals surface area contributed by atoms with E-state index in [0.29, 0.717) is 17.8 Å². The molecule has 0 radical (unpaired) electrons. The third-order valence-corrected chi connectivity index (χ3v) is 5.05. The van der Waals surface area contributed by atoms with Gasteiger partial charge in [0.2, 0.25) is 0 Å². The maximum Gasteiger partial charge on any atom is 0.153 e. The van der Waals surface area contributed by atoms with Crippen molar-refractivity contribution in [3.63, 3.8) is 0 Å². The number of nitrogens with two attached hydrogens (primary N) is 1. The summed E-state index contributed by atoms with van der Waals surface area (Å²) in [5.74, 6) is 3.88. The van der Waals surface area contributed by atoms with E-state index in [1.165, 1.54) is 57.8 Å². The molecule has 1 aromatic heterocycles. The molecule has 4 heteroatoms. The molecular formula is C15H26N4. The molecular weight excluding hydrogens is 236 g/mol. The molecule has 0 aromatic carbocycles. The van der Waals surface area contributed by atoms with Crippen LogP contribution in [-0.4, -0.2) is 21.7 Å². The summed E-state index contributed by atoms with van der Waals surface area (Å²) in [4.78, 5) is 4.83. The number of aromatic amines is 1. The second-order valence-corrected chi connectivity index (χ2v) is 6.30. The Balaban J connectivity index is 1.72. The van der Waals surface area contributed by atoms with Crippen LogP contribution in [-0.2, 0) is 0 Å². The van der Waals surface area contributed by atoms with Gasteiger partial charge in [-0.05, 0) is 38.1 Å². The van der Waals surface area contributed by atoms with Gasteiger partial charge in [-0.3, -0.25) is 5.10 Å². The third kappa shape index (κ3) is 2.83. The van der Waals surface area contributed by atoms with Gasteiger partial charge in [0.25, 0.3) is 0 Å². The van der Waals surface area contributed by atoms with E-state index in [0.717, 1.165) is 18.2 Å². The van der Waals surface area contributed by atoms with Gasteiger partial charge in [0.15, 0.2) is 5.82 Å². The first kappa shape index (κ1) is 13.1. The number of rotatable bonds is 3. The van der Waals surface area contributed by atoms with Crippen molar-refractivity contribution in [2.75, 3.05) is 6.54 Å². The molecule has 2 aliphatic rings. The van der Waals surface area contributed by atoms with Crippen LogP contribution in [0.1, 0.15) is 81.3 Å². The van der Waals surface area contributed by atoms with Crippen molar-refractivity contribution in [3.05, 3.63) is 11.6 Å². The van der Waals surface area contributed by atoms with Gasteiger partial charge in [-0.25, -0.2) is 4.98 Å². The zero-order valence-electron chi connectivity index (χ0n) is 11.8. The van der Waals surface area contributed by atoms with Crippen LogP contribution in [0.2, 0.25) is 0 Å². The highest BCUT2D eigenvalue weighted by Gasteiger charge is 2.29. The number of hydrogen-bond donors (Lipinski definition) is 2. The van der Waals surface area contributed by atoms with Crippen LogP contribution in [0.15, 0.2) is 0 Å². The molecule has 2 atom stereocenters. The molecule has 2 unspecified atom stereocenters. The number of nitrogens with one attached hydrogen (secondary N) is 1. The monoisotopic (exact) mass is 262 g/mol. The predicted molar refractivity (Wildman–Crippen MR) is 76.0 cm³/mol. The first-order chi connectivity index (χ1) is 9.38. The summed E-state index contributed by atoms with van der Waals surface area (Å²) in [6, 6.07) is 0. The molecule has 1 aromatic rings. The van der Waals surface area contributed by atoms with E-state index in [-0.39, 0.29) is 0 Å². The lowest BCUT2D eigenvalue weighted by molar-refractivity contribution is 0.304. The largest absolute Gasteiger partial charge is 0.330 e. The molecule has 2 aliphatic carbocycles. The Morgan fingerprint density at radius 1 is 1.00 bits per heavy atom. The minimum atomic E-state index is 0.517. The zero-order chi connectivity index (χ0) is 13.1. The molecule has 0 bridgehead atoms. The summed E-state index contributed by atoms with van der Waals surface area (Å²) in [5.41, 5.74) is 5.92. The summed E-state index contributed by atoms with van der Waals surface area (Å²) < 4.78 is 0. The van der Waals surface area contributed by atoms with E-state index in [1.807, 2.05) is 0 Å². The van der Waals surface area contributed by atoms with E-state index in [9.17, 15) is 0 Å². The maximum atomic E-state index is 5.92. The smallest absolute Gasteiger partial charge is 0.153 e. The molecule has 2 saturated carbocycles. The molecule has 0 amide bonds. The Bertz CT molecular complexity index is 395. The lowest BCUT2D eigenvalue weighted by Crippen LogP contribution is -2.26. The molecule has 3 N–H and O–H groups in total. The second kappa shape index (κ2) is 6.04. The van der Waals surface area contributed by atoms with Gasteiger partial charge in [-0.2, -0.15) is 5.10 Å². The fraction of sp³-hybridized carbons (Fsp3) is 0.867. The highest BCUT2D eigenvalue weighted by molar-refractivity contribution is 5.05. The average Bonchev–Trinajstić information content (AvgIpc) is 2.98. The molecule has 19 heavy (non-hydrogen) atoms. The lowest BCUT2D eigenvalue weighted by atomic mass is 9.79. The Hall–Kier alpha value is -0.900.